The zero-order valence-electron chi connectivity index (χ0n) is 9.72. The maximum atomic E-state index is 5.82. The van der Waals surface area contributed by atoms with Crippen molar-refractivity contribution in [3.05, 3.63) is 23.5 Å². The fourth-order valence-corrected chi connectivity index (χ4v) is 1.27. The van der Waals surface area contributed by atoms with Crippen LogP contribution in [0.5, 0.6) is 5.75 Å². The molecule has 78 valence electrons. The standard InChI is InChI=1S/C12H19NO/c1-6-10-11(14-12(3,4)5)8-7-9(2)13-10/h7-8H,6H2,1-5H3. The number of pyridine rings is 1. The molecule has 0 unspecified atom stereocenters. The fourth-order valence-electron chi connectivity index (χ4n) is 1.27. The zero-order valence-corrected chi connectivity index (χ0v) is 9.72. The van der Waals surface area contributed by atoms with Gasteiger partial charge in [-0.3, -0.25) is 4.98 Å². The lowest BCUT2D eigenvalue weighted by Crippen LogP contribution is -2.23. The average molecular weight is 193 g/mol. The highest BCUT2D eigenvalue weighted by atomic mass is 16.5. The third-order valence-corrected chi connectivity index (χ3v) is 1.82. The SMILES string of the molecule is CCc1nc(C)ccc1OC(C)(C)C. The van der Waals surface area contributed by atoms with Gasteiger partial charge in [0.2, 0.25) is 0 Å². The summed E-state index contributed by atoms with van der Waals surface area (Å²) in [5, 5.41) is 0. The second-order valence-electron chi connectivity index (χ2n) is 4.47. The first-order valence-corrected chi connectivity index (χ1v) is 5.08. The maximum absolute atomic E-state index is 5.82. The highest BCUT2D eigenvalue weighted by molar-refractivity contribution is 5.29. The van der Waals surface area contributed by atoms with E-state index in [1.165, 1.54) is 0 Å². The van der Waals surface area contributed by atoms with E-state index in [2.05, 4.69) is 11.9 Å². The van der Waals surface area contributed by atoms with Gasteiger partial charge >= 0.3 is 0 Å². The average Bonchev–Trinajstić information content (AvgIpc) is 2.06. The predicted molar refractivity (Wildman–Crippen MR) is 58.7 cm³/mol. The Kier molecular flexibility index (Phi) is 3.14. The number of ether oxygens (including phenoxy) is 1. The van der Waals surface area contributed by atoms with E-state index in [9.17, 15) is 0 Å². The van der Waals surface area contributed by atoms with E-state index in [4.69, 9.17) is 4.74 Å². The van der Waals surface area contributed by atoms with Crippen LogP contribution in [-0.2, 0) is 6.42 Å². The van der Waals surface area contributed by atoms with Crippen LogP contribution in [0.1, 0.15) is 39.1 Å². The third-order valence-electron chi connectivity index (χ3n) is 1.82. The first-order valence-electron chi connectivity index (χ1n) is 5.08. The van der Waals surface area contributed by atoms with Gasteiger partial charge in [-0.1, -0.05) is 6.92 Å². The molecular formula is C12H19NO. The number of aryl methyl sites for hydroxylation is 2. The summed E-state index contributed by atoms with van der Waals surface area (Å²) in [6.45, 7) is 10.2. The smallest absolute Gasteiger partial charge is 0.141 e. The van der Waals surface area contributed by atoms with Crippen LogP contribution in [-0.4, -0.2) is 10.6 Å². The van der Waals surface area contributed by atoms with Crippen molar-refractivity contribution in [1.29, 1.82) is 0 Å². The summed E-state index contributed by atoms with van der Waals surface area (Å²) in [5.74, 6) is 0.908. The van der Waals surface area contributed by atoms with Crippen molar-refractivity contribution < 1.29 is 4.74 Å². The molecule has 0 aliphatic rings. The Labute approximate surface area is 86.3 Å². The van der Waals surface area contributed by atoms with E-state index >= 15 is 0 Å². The lowest BCUT2D eigenvalue weighted by atomic mass is 10.1. The molecule has 0 fully saturated rings. The predicted octanol–water partition coefficient (Wildman–Crippen LogP) is 3.13. The quantitative estimate of drug-likeness (QED) is 0.720. The van der Waals surface area contributed by atoms with Crippen molar-refractivity contribution in [2.24, 2.45) is 0 Å². The van der Waals surface area contributed by atoms with Gasteiger partial charge in [-0.15, -0.1) is 0 Å². The Morgan fingerprint density at radius 2 is 1.93 bits per heavy atom. The number of aromatic nitrogens is 1. The lowest BCUT2D eigenvalue weighted by molar-refractivity contribution is 0.128. The summed E-state index contributed by atoms with van der Waals surface area (Å²) in [5.41, 5.74) is 1.93. The molecule has 1 rings (SSSR count). The first-order chi connectivity index (χ1) is 6.42. The number of rotatable bonds is 2. The molecule has 2 nitrogen and oxygen atoms in total. The summed E-state index contributed by atoms with van der Waals surface area (Å²) in [7, 11) is 0. The van der Waals surface area contributed by atoms with Crippen LogP contribution < -0.4 is 4.74 Å². The van der Waals surface area contributed by atoms with E-state index in [1.807, 2.05) is 39.8 Å². The molecule has 1 aromatic heterocycles. The Morgan fingerprint density at radius 1 is 1.29 bits per heavy atom. The van der Waals surface area contributed by atoms with Gasteiger partial charge in [0.1, 0.15) is 11.4 Å². The van der Waals surface area contributed by atoms with E-state index < -0.39 is 0 Å². The molecule has 0 amide bonds. The van der Waals surface area contributed by atoms with Gasteiger partial charge in [0.25, 0.3) is 0 Å². The minimum absolute atomic E-state index is 0.152. The van der Waals surface area contributed by atoms with Crippen LogP contribution in [0, 0.1) is 6.92 Å². The van der Waals surface area contributed by atoms with Crippen molar-refractivity contribution in [3.8, 4) is 5.75 Å². The molecule has 0 aromatic carbocycles. The lowest BCUT2D eigenvalue weighted by Gasteiger charge is -2.22. The van der Waals surface area contributed by atoms with E-state index in [0.29, 0.717) is 0 Å². The summed E-state index contributed by atoms with van der Waals surface area (Å²) in [6, 6.07) is 3.99. The summed E-state index contributed by atoms with van der Waals surface area (Å²) in [4.78, 5) is 4.45. The minimum Gasteiger partial charge on any atom is -0.486 e. The second kappa shape index (κ2) is 3.99. The van der Waals surface area contributed by atoms with Crippen LogP contribution in [0.15, 0.2) is 12.1 Å². The second-order valence-corrected chi connectivity index (χ2v) is 4.47. The Bertz CT molecular complexity index is 313. The Balaban J connectivity index is 2.97. The van der Waals surface area contributed by atoms with E-state index in [-0.39, 0.29) is 5.60 Å². The minimum atomic E-state index is -0.152. The monoisotopic (exact) mass is 193 g/mol. The number of hydrogen-bond acceptors (Lipinski definition) is 2. The molecule has 0 saturated carbocycles. The molecule has 1 heterocycles. The van der Waals surface area contributed by atoms with Crippen LogP contribution in [0.2, 0.25) is 0 Å². The normalized spacial score (nSPS) is 11.5. The van der Waals surface area contributed by atoms with Gasteiger partial charge in [-0.25, -0.2) is 0 Å². The molecule has 1 aromatic rings. The van der Waals surface area contributed by atoms with Gasteiger partial charge in [0.15, 0.2) is 0 Å². The van der Waals surface area contributed by atoms with Gasteiger partial charge in [0.05, 0.1) is 5.69 Å². The highest BCUT2D eigenvalue weighted by Gasteiger charge is 2.14. The van der Waals surface area contributed by atoms with Crippen LogP contribution in [0.25, 0.3) is 0 Å². The first kappa shape index (κ1) is 11.0. The largest absolute Gasteiger partial charge is 0.486 e. The Morgan fingerprint density at radius 3 is 2.43 bits per heavy atom. The van der Waals surface area contributed by atoms with Gasteiger partial charge in [-0.05, 0) is 46.2 Å². The van der Waals surface area contributed by atoms with Crippen molar-refractivity contribution in [2.45, 2.75) is 46.6 Å². The molecule has 0 radical (unpaired) electrons. The van der Waals surface area contributed by atoms with Crippen molar-refractivity contribution in [2.75, 3.05) is 0 Å². The third kappa shape index (κ3) is 3.02. The van der Waals surface area contributed by atoms with Crippen molar-refractivity contribution in [3.63, 3.8) is 0 Å². The summed E-state index contributed by atoms with van der Waals surface area (Å²) >= 11 is 0. The summed E-state index contributed by atoms with van der Waals surface area (Å²) < 4.78 is 5.82. The number of hydrogen-bond donors (Lipinski definition) is 0. The maximum Gasteiger partial charge on any atom is 0.141 e. The van der Waals surface area contributed by atoms with Gasteiger partial charge in [0, 0.05) is 5.69 Å². The molecule has 0 atom stereocenters. The fraction of sp³-hybridized carbons (Fsp3) is 0.583. The number of nitrogens with zero attached hydrogens (tertiary/aromatic N) is 1. The summed E-state index contributed by atoms with van der Waals surface area (Å²) in [6.07, 6.45) is 0.910. The van der Waals surface area contributed by atoms with Gasteiger partial charge in [-0.2, -0.15) is 0 Å². The molecule has 0 N–H and O–H groups in total. The molecule has 0 bridgehead atoms. The van der Waals surface area contributed by atoms with Gasteiger partial charge < -0.3 is 4.74 Å². The molecule has 2 heteroatoms. The van der Waals surface area contributed by atoms with E-state index in [1.54, 1.807) is 0 Å². The topological polar surface area (TPSA) is 22.1 Å². The molecule has 0 saturated heterocycles. The molecule has 0 spiro atoms. The zero-order chi connectivity index (χ0) is 10.8. The van der Waals surface area contributed by atoms with Crippen LogP contribution in [0.4, 0.5) is 0 Å². The Hall–Kier alpha value is -1.05. The molecule has 0 aliphatic heterocycles. The van der Waals surface area contributed by atoms with Crippen molar-refractivity contribution in [1.82, 2.24) is 4.98 Å². The molecule has 0 aliphatic carbocycles. The molecule has 14 heavy (non-hydrogen) atoms. The van der Waals surface area contributed by atoms with Crippen LogP contribution >= 0.6 is 0 Å². The van der Waals surface area contributed by atoms with Crippen molar-refractivity contribution >= 4 is 0 Å². The molecular weight excluding hydrogens is 174 g/mol. The highest BCUT2D eigenvalue weighted by Crippen LogP contribution is 2.22. The van der Waals surface area contributed by atoms with Crippen LogP contribution in [0.3, 0.4) is 0 Å². The van der Waals surface area contributed by atoms with E-state index in [0.717, 1.165) is 23.6 Å².